The lowest BCUT2D eigenvalue weighted by Crippen LogP contribution is -2.18. The van der Waals surface area contributed by atoms with E-state index in [2.05, 4.69) is 10.3 Å². The minimum atomic E-state index is -3.32. The molecule has 7 nitrogen and oxygen atoms in total. The first kappa shape index (κ1) is 22.2. The highest BCUT2D eigenvalue weighted by atomic mass is 31.2. The van der Waals surface area contributed by atoms with E-state index in [9.17, 15) is 9.67 Å². The maximum absolute atomic E-state index is 13.2. The van der Waals surface area contributed by atoms with Gasteiger partial charge in [0.2, 0.25) is 0 Å². The van der Waals surface area contributed by atoms with E-state index in [1.165, 1.54) is 7.11 Å². The third kappa shape index (κ3) is 5.71. The van der Waals surface area contributed by atoms with Crippen molar-refractivity contribution in [3.63, 3.8) is 0 Å². The van der Waals surface area contributed by atoms with Crippen molar-refractivity contribution in [2.75, 3.05) is 31.8 Å². The van der Waals surface area contributed by atoms with Crippen LogP contribution in [-0.2, 0) is 13.6 Å². The summed E-state index contributed by atoms with van der Waals surface area (Å²) in [6.07, 6.45) is 1.84. The quantitative estimate of drug-likeness (QED) is 0.544. The van der Waals surface area contributed by atoms with Gasteiger partial charge in [-0.2, -0.15) is 0 Å². The van der Waals surface area contributed by atoms with Gasteiger partial charge in [-0.3, -0.25) is 9.55 Å². The summed E-state index contributed by atoms with van der Waals surface area (Å²) in [6, 6.07) is 6.96. The number of ether oxygens (including phenoxy) is 1. The van der Waals surface area contributed by atoms with E-state index >= 15 is 0 Å². The van der Waals surface area contributed by atoms with Gasteiger partial charge < -0.3 is 24.2 Å². The Morgan fingerprint density at radius 2 is 1.86 bits per heavy atom. The summed E-state index contributed by atoms with van der Waals surface area (Å²) in [5.41, 5.74) is 3.14. The number of methoxy groups -OCH3 is 1. The molecular formula is C20H29N2O5P. The summed E-state index contributed by atoms with van der Waals surface area (Å²) in [5, 5.41) is 13.5. The number of aromatic nitrogens is 1. The van der Waals surface area contributed by atoms with Crippen molar-refractivity contribution in [1.82, 2.24) is 4.98 Å². The van der Waals surface area contributed by atoms with E-state index in [1.54, 1.807) is 33.0 Å². The smallest absolute Gasteiger partial charge is 0.333 e. The van der Waals surface area contributed by atoms with Crippen LogP contribution in [0.4, 0.5) is 5.69 Å². The fourth-order valence-electron chi connectivity index (χ4n) is 2.88. The average Bonchev–Trinajstić information content (AvgIpc) is 2.65. The van der Waals surface area contributed by atoms with Crippen LogP contribution >= 0.6 is 7.60 Å². The van der Waals surface area contributed by atoms with Gasteiger partial charge >= 0.3 is 7.60 Å². The number of anilines is 1. The van der Waals surface area contributed by atoms with Gasteiger partial charge in [0.15, 0.2) is 11.5 Å². The monoisotopic (exact) mass is 408 g/mol. The topological polar surface area (TPSA) is 89.9 Å². The molecule has 0 saturated carbocycles. The molecule has 0 aliphatic carbocycles. The third-order valence-electron chi connectivity index (χ3n) is 4.22. The summed E-state index contributed by atoms with van der Waals surface area (Å²) in [7, 11) is -1.83. The third-order valence-corrected chi connectivity index (χ3v) is 6.34. The minimum absolute atomic E-state index is 0.0831. The number of rotatable bonds is 10. The Labute approximate surface area is 166 Å². The Bertz CT molecular complexity index is 816. The molecular weight excluding hydrogens is 379 g/mol. The molecule has 0 spiro atoms. The zero-order valence-corrected chi connectivity index (χ0v) is 18.0. The summed E-state index contributed by atoms with van der Waals surface area (Å²) < 4.78 is 29.4. The number of phenols is 1. The number of pyridine rings is 1. The number of aromatic hydroxyl groups is 1. The second-order valence-corrected chi connectivity index (χ2v) is 8.51. The van der Waals surface area contributed by atoms with Crippen molar-refractivity contribution < 1.29 is 23.5 Å². The standard InChI is InChI=1S/C20H29N2O5P/c1-6-26-28(24,27-7-2)13-18(22-17-9-8-15(4)21-12-17)16-10-14(3)20(23)19(11-16)25-5/h8-12,18,22-23H,6-7,13H2,1-5H3. The van der Waals surface area contributed by atoms with Crippen molar-refractivity contribution in [3.05, 3.63) is 47.3 Å². The first-order chi connectivity index (χ1) is 13.3. The number of hydrogen-bond donors (Lipinski definition) is 2. The summed E-state index contributed by atoms with van der Waals surface area (Å²) in [5.74, 6) is 0.436. The lowest BCUT2D eigenvalue weighted by molar-refractivity contribution is 0.219. The number of aryl methyl sites for hydroxylation is 2. The number of hydrogen-bond acceptors (Lipinski definition) is 7. The molecule has 1 aromatic carbocycles. The highest BCUT2D eigenvalue weighted by Gasteiger charge is 2.30. The van der Waals surface area contributed by atoms with Crippen LogP contribution in [0, 0.1) is 13.8 Å². The molecule has 2 aromatic rings. The van der Waals surface area contributed by atoms with Crippen LogP contribution in [0.15, 0.2) is 30.5 Å². The predicted octanol–water partition coefficient (Wildman–Crippen LogP) is 4.83. The van der Waals surface area contributed by atoms with Crippen molar-refractivity contribution in [3.8, 4) is 11.5 Å². The normalized spacial score (nSPS) is 12.6. The molecule has 1 heterocycles. The Hall–Kier alpha value is -2.08. The highest BCUT2D eigenvalue weighted by molar-refractivity contribution is 7.53. The molecule has 1 unspecified atom stereocenters. The summed E-state index contributed by atoms with van der Waals surface area (Å²) in [4.78, 5) is 4.30. The van der Waals surface area contributed by atoms with Crippen LogP contribution in [0.25, 0.3) is 0 Å². The summed E-state index contributed by atoms with van der Waals surface area (Å²) in [6.45, 7) is 7.84. The fraction of sp³-hybridized carbons (Fsp3) is 0.450. The lowest BCUT2D eigenvalue weighted by atomic mass is 10.0. The molecule has 2 N–H and O–H groups in total. The molecule has 154 valence electrons. The van der Waals surface area contributed by atoms with Gasteiger partial charge in [-0.1, -0.05) is 6.07 Å². The van der Waals surface area contributed by atoms with Crippen LogP contribution in [0.5, 0.6) is 11.5 Å². The van der Waals surface area contributed by atoms with Crippen molar-refractivity contribution in [2.45, 2.75) is 33.7 Å². The molecule has 0 amide bonds. The molecule has 0 aliphatic rings. The van der Waals surface area contributed by atoms with Crippen molar-refractivity contribution >= 4 is 13.3 Å². The molecule has 8 heteroatoms. The van der Waals surface area contributed by atoms with Crippen LogP contribution in [-0.4, -0.2) is 36.6 Å². The number of nitrogens with one attached hydrogen (secondary N) is 1. The molecule has 0 saturated heterocycles. The van der Waals surface area contributed by atoms with Crippen LogP contribution < -0.4 is 10.1 Å². The van der Waals surface area contributed by atoms with Crippen LogP contribution in [0.2, 0.25) is 0 Å². The zero-order valence-electron chi connectivity index (χ0n) is 17.1. The molecule has 1 atom stereocenters. The van der Waals surface area contributed by atoms with Gasteiger partial charge in [-0.05, 0) is 57.0 Å². The fourth-order valence-corrected chi connectivity index (χ4v) is 4.70. The van der Waals surface area contributed by atoms with E-state index in [-0.39, 0.29) is 25.1 Å². The number of benzene rings is 1. The highest BCUT2D eigenvalue weighted by Crippen LogP contribution is 2.51. The van der Waals surface area contributed by atoms with Gasteiger partial charge in [-0.25, -0.2) is 0 Å². The molecule has 0 fully saturated rings. The largest absolute Gasteiger partial charge is 0.504 e. The maximum Gasteiger partial charge on any atom is 0.333 e. The second kappa shape index (κ2) is 9.92. The minimum Gasteiger partial charge on any atom is -0.504 e. The van der Waals surface area contributed by atoms with Crippen LogP contribution in [0.3, 0.4) is 0 Å². The van der Waals surface area contributed by atoms with Gasteiger partial charge in [0, 0.05) is 5.69 Å². The molecule has 0 aliphatic heterocycles. The maximum atomic E-state index is 13.2. The van der Waals surface area contributed by atoms with E-state index in [0.29, 0.717) is 11.3 Å². The summed E-state index contributed by atoms with van der Waals surface area (Å²) >= 11 is 0. The van der Waals surface area contributed by atoms with Crippen molar-refractivity contribution in [2.24, 2.45) is 0 Å². The first-order valence-corrected chi connectivity index (χ1v) is 11.0. The SMILES string of the molecule is CCOP(=O)(CC(Nc1ccc(C)nc1)c1cc(C)c(O)c(OC)c1)OCC. The molecule has 28 heavy (non-hydrogen) atoms. The Morgan fingerprint density at radius 1 is 1.18 bits per heavy atom. The van der Waals surface area contributed by atoms with Gasteiger partial charge in [-0.15, -0.1) is 0 Å². The number of nitrogens with zero attached hydrogens (tertiary/aromatic N) is 1. The van der Waals surface area contributed by atoms with E-state index in [1.807, 2.05) is 25.1 Å². The van der Waals surface area contributed by atoms with E-state index in [0.717, 1.165) is 16.9 Å². The lowest BCUT2D eigenvalue weighted by Gasteiger charge is -2.26. The Balaban J connectivity index is 2.44. The van der Waals surface area contributed by atoms with Gasteiger partial charge in [0.1, 0.15) is 0 Å². The molecule has 1 aromatic heterocycles. The molecule has 0 radical (unpaired) electrons. The predicted molar refractivity (Wildman–Crippen MR) is 110 cm³/mol. The van der Waals surface area contributed by atoms with Gasteiger partial charge in [0.05, 0.1) is 44.4 Å². The number of phenolic OH excluding ortho intramolecular Hbond substituents is 1. The molecule has 0 bridgehead atoms. The zero-order chi connectivity index (χ0) is 20.7. The first-order valence-electron chi connectivity index (χ1n) is 9.26. The van der Waals surface area contributed by atoms with Gasteiger partial charge in [0.25, 0.3) is 0 Å². The average molecular weight is 408 g/mol. The van der Waals surface area contributed by atoms with E-state index < -0.39 is 13.6 Å². The van der Waals surface area contributed by atoms with Crippen molar-refractivity contribution in [1.29, 1.82) is 0 Å². The molecule has 2 rings (SSSR count). The Morgan fingerprint density at radius 3 is 2.39 bits per heavy atom. The van der Waals surface area contributed by atoms with E-state index in [4.69, 9.17) is 13.8 Å². The second-order valence-electron chi connectivity index (χ2n) is 6.40. The van der Waals surface area contributed by atoms with Crippen LogP contribution in [0.1, 0.15) is 36.7 Å². The Kier molecular flexibility index (Phi) is 7.87.